The Kier molecular flexibility index (Phi) is 8.21. The van der Waals surface area contributed by atoms with E-state index < -0.39 is 0 Å². The Bertz CT molecular complexity index is 675. The smallest absolute Gasteiger partial charge is 0.213 e. The van der Waals surface area contributed by atoms with E-state index in [9.17, 15) is 5.11 Å². The summed E-state index contributed by atoms with van der Waals surface area (Å²) in [7, 11) is 0. The number of phenols is 1. The molecule has 3 N–H and O–H groups in total. The summed E-state index contributed by atoms with van der Waals surface area (Å²) in [5, 5.41) is 15.7. The number of benzene rings is 1. The van der Waals surface area contributed by atoms with Crippen molar-refractivity contribution in [2.45, 2.75) is 46.2 Å². The van der Waals surface area contributed by atoms with Crippen molar-refractivity contribution in [3.8, 4) is 5.75 Å². The third kappa shape index (κ3) is 6.93. The molecule has 2 rings (SSSR count). The van der Waals surface area contributed by atoms with Crippen LogP contribution in [-0.2, 0) is 18.5 Å². The highest BCUT2D eigenvalue weighted by Gasteiger charge is 2.19. The van der Waals surface area contributed by atoms with Gasteiger partial charge in [-0.15, -0.1) is 24.0 Å². The number of hydrogen-bond donors (Lipinski definition) is 3. The van der Waals surface area contributed by atoms with Gasteiger partial charge in [0.05, 0.1) is 19.3 Å². The minimum absolute atomic E-state index is 0. The molecule has 0 spiro atoms. The molecular weight excluding hydrogens is 431 g/mol. The van der Waals surface area contributed by atoms with Gasteiger partial charge < -0.3 is 20.2 Å². The van der Waals surface area contributed by atoms with Gasteiger partial charge in [0.2, 0.25) is 5.89 Å². The lowest BCUT2D eigenvalue weighted by atomic mass is 9.94. The van der Waals surface area contributed by atoms with Crippen molar-refractivity contribution in [2.75, 3.05) is 6.54 Å². The fourth-order valence-corrected chi connectivity index (χ4v) is 2.01. The maximum absolute atomic E-state index is 9.31. The van der Waals surface area contributed by atoms with Crippen LogP contribution in [0.4, 0.5) is 0 Å². The van der Waals surface area contributed by atoms with Crippen molar-refractivity contribution in [1.82, 2.24) is 15.6 Å². The number of nitrogens with one attached hydrogen (secondary N) is 2. The molecule has 25 heavy (non-hydrogen) atoms. The molecular formula is C18H27IN4O2. The van der Waals surface area contributed by atoms with Crippen LogP contribution < -0.4 is 10.6 Å². The standard InChI is InChI=1S/C18H26N4O2.HI/c1-5-19-17(21-10-13-6-8-14(23)9-7-13)22-12-16-20-11-15(24-16)18(2,3)4;/h6-9,11,23H,5,10,12H2,1-4H3,(H2,19,21,22);1H. The molecule has 7 heteroatoms. The van der Waals surface area contributed by atoms with E-state index >= 15 is 0 Å². The largest absolute Gasteiger partial charge is 0.508 e. The molecule has 6 nitrogen and oxygen atoms in total. The summed E-state index contributed by atoms with van der Waals surface area (Å²) in [6.07, 6.45) is 1.78. The Labute approximate surface area is 166 Å². The summed E-state index contributed by atoms with van der Waals surface area (Å²) in [6, 6.07) is 7.02. The van der Waals surface area contributed by atoms with Crippen molar-refractivity contribution < 1.29 is 9.52 Å². The van der Waals surface area contributed by atoms with Crippen molar-refractivity contribution >= 4 is 29.9 Å². The van der Waals surface area contributed by atoms with Crippen molar-refractivity contribution in [2.24, 2.45) is 4.99 Å². The first-order chi connectivity index (χ1) is 11.4. The molecule has 0 saturated heterocycles. The Morgan fingerprint density at radius 1 is 1.20 bits per heavy atom. The van der Waals surface area contributed by atoms with E-state index in [1.807, 2.05) is 19.1 Å². The number of oxazole rings is 1. The van der Waals surface area contributed by atoms with Gasteiger partial charge in [-0.3, -0.25) is 0 Å². The van der Waals surface area contributed by atoms with Gasteiger partial charge >= 0.3 is 0 Å². The third-order valence-electron chi connectivity index (χ3n) is 3.40. The molecule has 0 unspecified atom stereocenters. The number of nitrogens with zero attached hydrogens (tertiary/aromatic N) is 2. The van der Waals surface area contributed by atoms with Crippen LogP contribution in [0.25, 0.3) is 0 Å². The second-order valence-electron chi connectivity index (χ2n) is 6.58. The molecule has 138 valence electrons. The predicted molar refractivity (Wildman–Crippen MR) is 110 cm³/mol. The maximum atomic E-state index is 9.31. The molecule has 1 aromatic carbocycles. The fraction of sp³-hybridized carbons (Fsp3) is 0.444. The van der Waals surface area contributed by atoms with E-state index in [-0.39, 0.29) is 35.1 Å². The summed E-state index contributed by atoms with van der Waals surface area (Å²) in [5.74, 6) is 2.45. The second kappa shape index (κ2) is 9.65. The SMILES string of the molecule is CCNC(=NCc1ccc(O)cc1)NCc1ncc(C(C)(C)C)o1.I. The van der Waals surface area contributed by atoms with Gasteiger partial charge in [0.1, 0.15) is 11.5 Å². The number of halogens is 1. The van der Waals surface area contributed by atoms with Crippen molar-refractivity contribution in [1.29, 1.82) is 0 Å². The van der Waals surface area contributed by atoms with E-state index in [1.165, 1.54) is 0 Å². The van der Waals surface area contributed by atoms with Gasteiger partial charge in [0.25, 0.3) is 0 Å². The Balaban J connectivity index is 0.00000312. The summed E-state index contributed by atoms with van der Waals surface area (Å²) in [5.41, 5.74) is 0.971. The zero-order valence-electron chi connectivity index (χ0n) is 15.2. The number of rotatable bonds is 5. The van der Waals surface area contributed by atoms with E-state index in [0.717, 1.165) is 17.9 Å². The molecule has 0 aliphatic carbocycles. The molecule has 1 aromatic heterocycles. The van der Waals surface area contributed by atoms with Crippen LogP contribution in [-0.4, -0.2) is 22.6 Å². The lowest BCUT2D eigenvalue weighted by molar-refractivity contribution is 0.379. The lowest BCUT2D eigenvalue weighted by Gasteiger charge is -2.13. The van der Waals surface area contributed by atoms with Crippen LogP contribution in [0.2, 0.25) is 0 Å². The van der Waals surface area contributed by atoms with E-state index in [4.69, 9.17) is 4.42 Å². The van der Waals surface area contributed by atoms with E-state index in [0.29, 0.717) is 24.9 Å². The first kappa shape index (κ1) is 21.3. The summed E-state index contributed by atoms with van der Waals surface area (Å²) >= 11 is 0. The molecule has 0 bridgehead atoms. The van der Waals surface area contributed by atoms with Crippen molar-refractivity contribution in [3.05, 3.63) is 47.7 Å². The summed E-state index contributed by atoms with van der Waals surface area (Å²) in [4.78, 5) is 8.83. The number of aliphatic imine (C=N–C) groups is 1. The van der Waals surface area contributed by atoms with Gasteiger partial charge in [0.15, 0.2) is 5.96 Å². The average Bonchev–Trinajstić information content (AvgIpc) is 3.01. The first-order valence-corrected chi connectivity index (χ1v) is 8.13. The average molecular weight is 458 g/mol. The number of aromatic hydroxyl groups is 1. The third-order valence-corrected chi connectivity index (χ3v) is 3.40. The van der Waals surface area contributed by atoms with Gasteiger partial charge in [-0.2, -0.15) is 0 Å². The number of guanidine groups is 1. The highest BCUT2D eigenvalue weighted by Crippen LogP contribution is 2.22. The number of aromatic nitrogens is 1. The zero-order valence-corrected chi connectivity index (χ0v) is 17.5. The molecule has 0 fully saturated rings. The topological polar surface area (TPSA) is 82.7 Å². The van der Waals surface area contributed by atoms with Crippen LogP contribution in [0, 0.1) is 0 Å². The number of hydrogen-bond acceptors (Lipinski definition) is 4. The summed E-state index contributed by atoms with van der Waals surface area (Å²) in [6.45, 7) is 10.0. The molecule has 0 radical (unpaired) electrons. The predicted octanol–water partition coefficient (Wildman–Crippen LogP) is 3.55. The molecule has 0 saturated carbocycles. The Morgan fingerprint density at radius 3 is 2.44 bits per heavy atom. The number of phenolic OH excluding ortho intramolecular Hbond substituents is 1. The molecule has 0 aliphatic rings. The fourth-order valence-electron chi connectivity index (χ4n) is 2.01. The van der Waals surface area contributed by atoms with Gasteiger partial charge in [-0.05, 0) is 24.6 Å². The zero-order chi connectivity index (χ0) is 17.6. The highest BCUT2D eigenvalue weighted by molar-refractivity contribution is 14.0. The Morgan fingerprint density at radius 2 is 1.88 bits per heavy atom. The van der Waals surface area contributed by atoms with E-state index in [1.54, 1.807) is 18.3 Å². The second-order valence-corrected chi connectivity index (χ2v) is 6.58. The van der Waals surface area contributed by atoms with E-state index in [2.05, 4.69) is 41.4 Å². The monoisotopic (exact) mass is 458 g/mol. The van der Waals surface area contributed by atoms with Crippen LogP contribution in [0.5, 0.6) is 5.75 Å². The summed E-state index contributed by atoms with van der Waals surface area (Å²) < 4.78 is 5.77. The van der Waals surface area contributed by atoms with Crippen LogP contribution >= 0.6 is 24.0 Å². The molecule has 2 aromatic rings. The minimum Gasteiger partial charge on any atom is -0.508 e. The van der Waals surface area contributed by atoms with Gasteiger partial charge in [0, 0.05) is 12.0 Å². The normalized spacial score (nSPS) is 11.8. The Hall–Kier alpha value is -1.77. The highest BCUT2D eigenvalue weighted by atomic mass is 127. The van der Waals surface area contributed by atoms with Crippen LogP contribution in [0.1, 0.15) is 44.9 Å². The first-order valence-electron chi connectivity index (χ1n) is 8.13. The molecule has 0 atom stereocenters. The van der Waals surface area contributed by atoms with Gasteiger partial charge in [-0.25, -0.2) is 9.98 Å². The molecule has 1 heterocycles. The maximum Gasteiger partial charge on any atom is 0.213 e. The quantitative estimate of drug-likeness (QED) is 0.363. The van der Waals surface area contributed by atoms with Crippen LogP contribution in [0.3, 0.4) is 0 Å². The lowest BCUT2D eigenvalue weighted by Crippen LogP contribution is -2.36. The van der Waals surface area contributed by atoms with Gasteiger partial charge in [-0.1, -0.05) is 32.9 Å². The van der Waals surface area contributed by atoms with Crippen molar-refractivity contribution in [3.63, 3.8) is 0 Å². The molecule has 0 aliphatic heterocycles. The van der Waals surface area contributed by atoms with Crippen LogP contribution in [0.15, 0.2) is 39.9 Å². The minimum atomic E-state index is -0.0529. The molecule has 0 amide bonds.